The number of aromatic nitrogens is 2. The van der Waals surface area contributed by atoms with Gasteiger partial charge in [-0.25, -0.2) is 4.98 Å². The largest absolute Gasteiger partial charge is 0.360 e. The number of halogens is 1. The molecule has 1 aliphatic heterocycles. The van der Waals surface area contributed by atoms with Crippen molar-refractivity contribution in [3.05, 3.63) is 21.1 Å². The number of hydrogen-bond acceptors (Lipinski definition) is 6. The molecule has 0 aromatic carbocycles. The van der Waals surface area contributed by atoms with Crippen LogP contribution in [0.4, 0.5) is 11.5 Å². The van der Waals surface area contributed by atoms with Crippen molar-refractivity contribution in [1.29, 1.82) is 0 Å². The maximum Gasteiger partial charge on any atom is 0.332 e. The first-order valence-electron chi connectivity index (χ1n) is 7.15. The minimum absolute atomic E-state index is 0.0192. The van der Waals surface area contributed by atoms with Crippen molar-refractivity contribution in [2.45, 2.75) is 39.2 Å². The molecule has 2 heterocycles. The number of rotatable bonds is 5. The maximum absolute atomic E-state index is 11.2. The van der Waals surface area contributed by atoms with E-state index in [1.165, 1.54) is 19.3 Å². The fraction of sp³-hybridized carbons (Fsp3) is 0.692. The van der Waals surface area contributed by atoms with Gasteiger partial charge in [-0.15, -0.1) is 0 Å². The topological polar surface area (TPSA) is 84.2 Å². The smallest absolute Gasteiger partial charge is 0.332 e. The molecule has 8 heteroatoms. The number of nitro groups is 1. The second-order valence-electron chi connectivity index (χ2n) is 5.44. The highest BCUT2D eigenvalue weighted by Crippen LogP contribution is 2.27. The van der Waals surface area contributed by atoms with Gasteiger partial charge in [0.25, 0.3) is 0 Å². The third-order valence-corrected chi connectivity index (χ3v) is 3.75. The molecular formula is C13H20ClN5O2. The predicted octanol–water partition coefficient (Wildman–Crippen LogP) is 2.63. The van der Waals surface area contributed by atoms with Crippen molar-refractivity contribution in [3.8, 4) is 0 Å². The van der Waals surface area contributed by atoms with E-state index in [0.29, 0.717) is 0 Å². The fourth-order valence-corrected chi connectivity index (χ4v) is 2.87. The predicted molar refractivity (Wildman–Crippen MR) is 81.8 cm³/mol. The monoisotopic (exact) mass is 313 g/mol. The van der Waals surface area contributed by atoms with E-state index in [0.717, 1.165) is 19.6 Å². The van der Waals surface area contributed by atoms with Crippen molar-refractivity contribution in [2.24, 2.45) is 0 Å². The Balaban J connectivity index is 2.08. The average molecular weight is 314 g/mol. The molecule has 0 spiro atoms. The highest BCUT2D eigenvalue weighted by Gasteiger charge is 2.23. The molecule has 1 aromatic heterocycles. The van der Waals surface area contributed by atoms with Crippen molar-refractivity contribution < 1.29 is 4.92 Å². The zero-order valence-electron chi connectivity index (χ0n) is 12.3. The SMILES string of the molecule is Cc1nc(Cl)nc(NC(C)CN2CCCCC2)c1[N+](=O)[O-]. The molecule has 7 nitrogen and oxygen atoms in total. The van der Waals surface area contributed by atoms with Gasteiger partial charge in [-0.3, -0.25) is 10.1 Å². The molecule has 2 rings (SSSR count). The van der Waals surface area contributed by atoms with Gasteiger partial charge in [0.15, 0.2) is 0 Å². The molecule has 0 bridgehead atoms. The Labute approximate surface area is 128 Å². The van der Waals surface area contributed by atoms with Gasteiger partial charge >= 0.3 is 5.69 Å². The Morgan fingerprint density at radius 2 is 2.05 bits per heavy atom. The van der Waals surface area contributed by atoms with Gasteiger partial charge in [0.2, 0.25) is 11.1 Å². The third-order valence-electron chi connectivity index (χ3n) is 3.58. The van der Waals surface area contributed by atoms with E-state index in [1.807, 2.05) is 6.92 Å². The molecule has 1 N–H and O–H groups in total. The lowest BCUT2D eigenvalue weighted by Crippen LogP contribution is -2.38. The molecule has 1 unspecified atom stereocenters. The van der Waals surface area contributed by atoms with Crippen molar-refractivity contribution in [3.63, 3.8) is 0 Å². The van der Waals surface area contributed by atoms with Crippen LogP contribution >= 0.6 is 11.6 Å². The van der Waals surface area contributed by atoms with Crippen LogP contribution in [-0.4, -0.2) is 45.5 Å². The van der Waals surface area contributed by atoms with E-state index in [4.69, 9.17) is 11.6 Å². The minimum atomic E-state index is -0.471. The van der Waals surface area contributed by atoms with Crippen LogP contribution in [0.5, 0.6) is 0 Å². The summed E-state index contributed by atoms with van der Waals surface area (Å²) in [5.74, 6) is 0.196. The first-order chi connectivity index (χ1) is 9.97. The highest BCUT2D eigenvalue weighted by molar-refractivity contribution is 6.28. The molecule has 1 aromatic rings. The Bertz CT molecular complexity index is 520. The Morgan fingerprint density at radius 1 is 1.38 bits per heavy atom. The molecule has 21 heavy (non-hydrogen) atoms. The van der Waals surface area contributed by atoms with Gasteiger partial charge in [0.05, 0.1) is 4.92 Å². The van der Waals surface area contributed by atoms with Crippen LogP contribution in [0.25, 0.3) is 0 Å². The first-order valence-corrected chi connectivity index (χ1v) is 7.52. The standard InChI is InChI=1S/C13H20ClN5O2/c1-9(8-18-6-4-3-5-7-18)15-12-11(19(20)21)10(2)16-13(14)17-12/h9H,3-8H2,1-2H3,(H,15,16,17). The quantitative estimate of drug-likeness (QED) is 0.511. The summed E-state index contributed by atoms with van der Waals surface area (Å²) >= 11 is 5.81. The van der Waals surface area contributed by atoms with Gasteiger partial charge in [0, 0.05) is 12.6 Å². The van der Waals surface area contributed by atoms with Crippen LogP contribution < -0.4 is 5.32 Å². The van der Waals surface area contributed by atoms with Crippen LogP contribution in [0.2, 0.25) is 5.28 Å². The number of nitrogens with zero attached hydrogens (tertiary/aromatic N) is 4. The summed E-state index contributed by atoms with van der Waals surface area (Å²) in [6.45, 7) is 6.54. The molecule has 0 radical (unpaired) electrons. The van der Waals surface area contributed by atoms with E-state index in [1.54, 1.807) is 6.92 Å². The van der Waals surface area contributed by atoms with Gasteiger partial charge in [-0.05, 0) is 51.4 Å². The van der Waals surface area contributed by atoms with Crippen LogP contribution in [0.15, 0.2) is 0 Å². The molecule has 1 saturated heterocycles. The van der Waals surface area contributed by atoms with Gasteiger partial charge < -0.3 is 10.2 Å². The van der Waals surface area contributed by atoms with Gasteiger partial charge in [-0.2, -0.15) is 4.98 Å². The zero-order chi connectivity index (χ0) is 15.4. The molecule has 1 atom stereocenters. The lowest BCUT2D eigenvalue weighted by molar-refractivity contribution is -0.385. The van der Waals surface area contributed by atoms with Crippen LogP contribution in [0.3, 0.4) is 0 Å². The fourth-order valence-electron chi connectivity index (χ4n) is 2.66. The van der Waals surface area contributed by atoms with Crippen LogP contribution in [0, 0.1) is 17.0 Å². The first kappa shape index (κ1) is 15.9. The van der Waals surface area contributed by atoms with Crippen LogP contribution in [-0.2, 0) is 0 Å². The summed E-state index contributed by atoms with van der Waals surface area (Å²) in [5, 5.41) is 14.3. The van der Waals surface area contributed by atoms with Gasteiger partial charge in [0.1, 0.15) is 5.69 Å². The van der Waals surface area contributed by atoms with E-state index in [2.05, 4.69) is 20.2 Å². The molecule has 116 valence electrons. The zero-order valence-corrected chi connectivity index (χ0v) is 13.1. The number of piperidine rings is 1. The summed E-state index contributed by atoms with van der Waals surface area (Å²) < 4.78 is 0. The summed E-state index contributed by atoms with van der Waals surface area (Å²) in [4.78, 5) is 20.9. The average Bonchev–Trinajstić information content (AvgIpc) is 2.38. The van der Waals surface area contributed by atoms with Gasteiger partial charge in [-0.1, -0.05) is 6.42 Å². The summed E-state index contributed by atoms with van der Waals surface area (Å²) in [6, 6.07) is 0.0483. The van der Waals surface area contributed by atoms with Crippen LogP contribution in [0.1, 0.15) is 31.9 Å². The second kappa shape index (κ2) is 7.00. The van der Waals surface area contributed by atoms with E-state index in [-0.39, 0.29) is 28.5 Å². The van der Waals surface area contributed by atoms with E-state index < -0.39 is 4.92 Å². The van der Waals surface area contributed by atoms with E-state index >= 15 is 0 Å². The summed E-state index contributed by atoms with van der Waals surface area (Å²) in [7, 11) is 0. The number of aryl methyl sites for hydroxylation is 1. The normalized spacial score (nSPS) is 17.5. The van der Waals surface area contributed by atoms with Crippen molar-refractivity contribution in [1.82, 2.24) is 14.9 Å². The third kappa shape index (κ3) is 4.25. The lowest BCUT2D eigenvalue weighted by atomic mass is 10.1. The lowest BCUT2D eigenvalue weighted by Gasteiger charge is -2.29. The molecule has 0 aliphatic carbocycles. The molecule has 0 saturated carbocycles. The van der Waals surface area contributed by atoms with Crippen molar-refractivity contribution >= 4 is 23.1 Å². The molecule has 1 fully saturated rings. The number of likely N-dealkylation sites (tertiary alicyclic amines) is 1. The molecular weight excluding hydrogens is 294 g/mol. The second-order valence-corrected chi connectivity index (χ2v) is 5.78. The number of anilines is 1. The number of nitrogens with one attached hydrogen (secondary N) is 1. The Hall–Kier alpha value is -1.47. The molecule has 1 aliphatic rings. The molecule has 0 amide bonds. The summed E-state index contributed by atoms with van der Waals surface area (Å²) in [5.41, 5.74) is 0.164. The highest BCUT2D eigenvalue weighted by atomic mass is 35.5. The Morgan fingerprint density at radius 3 is 2.67 bits per heavy atom. The van der Waals surface area contributed by atoms with E-state index in [9.17, 15) is 10.1 Å². The maximum atomic E-state index is 11.2. The Kier molecular flexibility index (Phi) is 5.30. The minimum Gasteiger partial charge on any atom is -0.360 e. The summed E-state index contributed by atoms with van der Waals surface area (Å²) in [6.07, 6.45) is 3.71. The van der Waals surface area contributed by atoms with Crippen molar-refractivity contribution in [2.75, 3.05) is 25.0 Å². The number of hydrogen-bond donors (Lipinski definition) is 1.